The molecular formula is C21H22N2O3S. The van der Waals surface area contributed by atoms with Crippen LogP contribution in [0.1, 0.15) is 36.5 Å². The van der Waals surface area contributed by atoms with Crippen LogP contribution in [-0.2, 0) is 4.79 Å². The maximum atomic E-state index is 12.2. The summed E-state index contributed by atoms with van der Waals surface area (Å²) in [7, 11) is 0. The lowest BCUT2D eigenvalue weighted by atomic mass is 10.1. The molecular weight excluding hydrogens is 360 g/mol. The molecule has 140 valence electrons. The van der Waals surface area contributed by atoms with Gasteiger partial charge in [0, 0.05) is 29.1 Å². The first-order valence-electron chi connectivity index (χ1n) is 8.72. The predicted octanol–water partition coefficient (Wildman–Crippen LogP) is 4.69. The van der Waals surface area contributed by atoms with E-state index in [1.54, 1.807) is 36.0 Å². The minimum absolute atomic E-state index is 0.0179. The van der Waals surface area contributed by atoms with Crippen LogP contribution in [0, 0.1) is 11.3 Å². The summed E-state index contributed by atoms with van der Waals surface area (Å²) in [6.07, 6.45) is 1.41. The first-order chi connectivity index (χ1) is 13.1. The Hall–Kier alpha value is -2.78. The van der Waals surface area contributed by atoms with E-state index in [9.17, 15) is 9.59 Å². The summed E-state index contributed by atoms with van der Waals surface area (Å²) in [6, 6.07) is 16.7. The summed E-state index contributed by atoms with van der Waals surface area (Å²) >= 11 is 1.56. The molecule has 0 atom stereocenters. The normalized spacial score (nSPS) is 10.1. The van der Waals surface area contributed by atoms with Crippen molar-refractivity contribution in [3.63, 3.8) is 0 Å². The molecule has 0 bridgehead atoms. The number of ether oxygens (including phenoxy) is 1. The number of Topliss-reactive ketones (excluding diaryl/α,β-unsaturated/α-hetero) is 1. The van der Waals surface area contributed by atoms with Crippen molar-refractivity contribution in [3.05, 3.63) is 54.1 Å². The van der Waals surface area contributed by atoms with Crippen LogP contribution >= 0.6 is 11.8 Å². The molecule has 6 heteroatoms. The van der Waals surface area contributed by atoms with E-state index in [-0.39, 0.29) is 11.7 Å². The number of carbonyl (C=O) groups is 2. The minimum atomic E-state index is -0.0705. The molecule has 0 saturated carbocycles. The quantitative estimate of drug-likeness (QED) is 0.366. The van der Waals surface area contributed by atoms with E-state index in [0.29, 0.717) is 42.9 Å². The summed E-state index contributed by atoms with van der Waals surface area (Å²) in [5.41, 5.74) is 1.42. The third-order valence-electron chi connectivity index (χ3n) is 3.71. The Kier molecular flexibility index (Phi) is 8.40. The molecule has 0 aliphatic rings. The second-order valence-corrected chi connectivity index (χ2v) is 6.97. The second kappa shape index (κ2) is 11.0. The highest BCUT2D eigenvalue weighted by Gasteiger charge is 2.07. The number of amides is 1. The van der Waals surface area contributed by atoms with Crippen molar-refractivity contribution in [2.24, 2.45) is 0 Å². The van der Waals surface area contributed by atoms with Gasteiger partial charge in [0.25, 0.3) is 0 Å². The van der Waals surface area contributed by atoms with Crippen molar-refractivity contribution < 1.29 is 14.3 Å². The highest BCUT2D eigenvalue weighted by atomic mass is 32.2. The van der Waals surface area contributed by atoms with Gasteiger partial charge in [-0.15, -0.1) is 11.8 Å². The van der Waals surface area contributed by atoms with E-state index in [1.807, 2.05) is 24.3 Å². The number of benzene rings is 2. The number of anilines is 1. The molecule has 0 radical (unpaired) electrons. The fourth-order valence-electron chi connectivity index (χ4n) is 2.32. The average Bonchev–Trinajstić information content (AvgIpc) is 2.67. The number of ketones is 1. The van der Waals surface area contributed by atoms with E-state index in [2.05, 4.69) is 11.4 Å². The smallest absolute Gasteiger partial charge is 0.224 e. The zero-order chi connectivity index (χ0) is 19.5. The van der Waals surface area contributed by atoms with Crippen LogP contribution < -0.4 is 10.1 Å². The molecule has 1 N–H and O–H groups in total. The Morgan fingerprint density at radius 1 is 1.15 bits per heavy atom. The summed E-state index contributed by atoms with van der Waals surface area (Å²) in [4.78, 5) is 24.4. The molecule has 0 aromatic heterocycles. The van der Waals surface area contributed by atoms with Crippen molar-refractivity contribution in [1.29, 1.82) is 5.26 Å². The molecule has 0 spiro atoms. The van der Waals surface area contributed by atoms with Crippen LogP contribution in [0.3, 0.4) is 0 Å². The lowest BCUT2D eigenvalue weighted by molar-refractivity contribution is -0.116. The largest absolute Gasteiger partial charge is 0.494 e. The van der Waals surface area contributed by atoms with Gasteiger partial charge in [0.15, 0.2) is 5.78 Å². The monoisotopic (exact) mass is 382 g/mol. The number of rotatable bonds is 10. The van der Waals surface area contributed by atoms with Crippen LogP contribution in [0.2, 0.25) is 0 Å². The number of nitrogens with zero attached hydrogens (tertiary/aromatic N) is 1. The van der Waals surface area contributed by atoms with Crippen molar-refractivity contribution in [1.82, 2.24) is 0 Å². The molecule has 0 saturated heterocycles. The molecule has 2 aromatic carbocycles. The summed E-state index contributed by atoms with van der Waals surface area (Å²) in [5, 5.41) is 11.6. The highest BCUT2D eigenvalue weighted by Crippen LogP contribution is 2.27. The number of nitriles is 1. The molecule has 2 aromatic rings. The first-order valence-corrected chi connectivity index (χ1v) is 9.71. The van der Waals surface area contributed by atoms with Crippen molar-refractivity contribution in [2.75, 3.05) is 17.7 Å². The second-order valence-electron chi connectivity index (χ2n) is 5.83. The molecule has 0 heterocycles. The molecule has 1 amide bonds. The standard InChI is InChI=1S/C21H22N2O3S/c1-16(24)17-9-11-18(12-10-17)26-14-4-8-21(25)23-19-6-2-3-7-20(19)27-15-5-13-22/h2-3,6-7,9-12H,4-5,8,14-15H2,1H3,(H,23,25). The lowest BCUT2D eigenvalue weighted by Crippen LogP contribution is -2.13. The van der Waals surface area contributed by atoms with Crippen LogP contribution in [0.5, 0.6) is 5.75 Å². The van der Waals surface area contributed by atoms with Gasteiger partial charge < -0.3 is 10.1 Å². The molecule has 0 fully saturated rings. The fourth-order valence-corrected chi connectivity index (χ4v) is 3.19. The zero-order valence-corrected chi connectivity index (χ0v) is 16.1. The topological polar surface area (TPSA) is 79.2 Å². The lowest BCUT2D eigenvalue weighted by Gasteiger charge is -2.10. The maximum absolute atomic E-state index is 12.2. The molecule has 0 aliphatic heterocycles. The third-order valence-corrected chi connectivity index (χ3v) is 4.79. The van der Waals surface area contributed by atoms with Crippen molar-refractivity contribution in [3.8, 4) is 11.8 Å². The van der Waals surface area contributed by atoms with Gasteiger partial charge in [-0.3, -0.25) is 9.59 Å². The van der Waals surface area contributed by atoms with Crippen molar-refractivity contribution in [2.45, 2.75) is 31.1 Å². The summed E-state index contributed by atoms with van der Waals surface area (Å²) in [5.74, 6) is 1.32. The fraction of sp³-hybridized carbons (Fsp3) is 0.286. The van der Waals surface area contributed by atoms with E-state index in [4.69, 9.17) is 10.00 Å². The molecule has 0 unspecified atom stereocenters. The van der Waals surface area contributed by atoms with Gasteiger partial charge in [-0.05, 0) is 49.7 Å². The van der Waals surface area contributed by atoms with Gasteiger partial charge >= 0.3 is 0 Å². The van der Waals surface area contributed by atoms with Crippen LogP contribution in [0.4, 0.5) is 5.69 Å². The van der Waals surface area contributed by atoms with Crippen molar-refractivity contribution >= 4 is 29.1 Å². The number of hydrogen-bond acceptors (Lipinski definition) is 5. The van der Waals surface area contributed by atoms with E-state index in [0.717, 1.165) is 10.6 Å². The van der Waals surface area contributed by atoms with Gasteiger partial charge in [-0.25, -0.2) is 0 Å². The van der Waals surface area contributed by atoms with Crippen LogP contribution in [0.15, 0.2) is 53.4 Å². The minimum Gasteiger partial charge on any atom is -0.494 e. The predicted molar refractivity (Wildman–Crippen MR) is 107 cm³/mol. The Morgan fingerprint density at radius 2 is 1.89 bits per heavy atom. The maximum Gasteiger partial charge on any atom is 0.224 e. The van der Waals surface area contributed by atoms with E-state index >= 15 is 0 Å². The molecule has 27 heavy (non-hydrogen) atoms. The number of thioether (sulfide) groups is 1. The number of hydrogen-bond donors (Lipinski definition) is 1. The average molecular weight is 382 g/mol. The molecule has 0 aliphatic carbocycles. The Labute approximate surface area is 163 Å². The first kappa shape index (κ1) is 20.5. The van der Waals surface area contributed by atoms with Gasteiger partial charge in [0.1, 0.15) is 5.75 Å². The molecule has 2 rings (SSSR count). The number of nitrogens with one attached hydrogen (secondary N) is 1. The molecule has 5 nitrogen and oxygen atoms in total. The SMILES string of the molecule is CC(=O)c1ccc(OCCCC(=O)Nc2ccccc2SCCC#N)cc1. The van der Waals surface area contributed by atoms with Gasteiger partial charge in [-0.1, -0.05) is 12.1 Å². The Morgan fingerprint density at radius 3 is 2.59 bits per heavy atom. The van der Waals surface area contributed by atoms with E-state index in [1.165, 1.54) is 6.92 Å². The Balaban J connectivity index is 1.75. The van der Waals surface area contributed by atoms with Gasteiger partial charge in [-0.2, -0.15) is 5.26 Å². The number of carbonyl (C=O) groups excluding carboxylic acids is 2. The third kappa shape index (κ3) is 7.16. The Bertz CT molecular complexity index is 813. The number of para-hydroxylation sites is 1. The summed E-state index contributed by atoms with van der Waals surface area (Å²) in [6.45, 7) is 1.94. The highest BCUT2D eigenvalue weighted by molar-refractivity contribution is 7.99. The van der Waals surface area contributed by atoms with Gasteiger partial charge in [0.2, 0.25) is 5.91 Å². The van der Waals surface area contributed by atoms with Crippen LogP contribution in [-0.4, -0.2) is 24.1 Å². The zero-order valence-electron chi connectivity index (χ0n) is 15.2. The summed E-state index contributed by atoms with van der Waals surface area (Å²) < 4.78 is 5.60. The van der Waals surface area contributed by atoms with Crippen LogP contribution in [0.25, 0.3) is 0 Å². The van der Waals surface area contributed by atoms with Gasteiger partial charge in [0.05, 0.1) is 18.4 Å². The van der Waals surface area contributed by atoms with E-state index < -0.39 is 0 Å².